The number of hydrogen-bond donors (Lipinski definition) is 1. The number of aromatic nitrogens is 1. The van der Waals surface area contributed by atoms with Crippen LogP contribution in [0.1, 0.15) is 24.1 Å². The Morgan fingerprint density at radius 1 is 1.33 bits per heavy atom. The fourth-order valence-electron chi connectivity index (χ4n) is 1.77. The van der Waals surface area contributed by atoms with Gasteiger partial charge in [0, 0.05) is 23.4 Å². The zero-order valence-electron chi connectivity index (χ0n) is 10.7. The minimum atomic E-state index is 0.379. The Bertz CT molecular complexity index is 451. The molecule has 2 aromatic rings. The van der Waals surface area contributed by atoms with Gasteiger partial charge in [0.1, 0.15) is 4.34 Å². The van der Waals surface area contributed by atoms with Crippen molar-refractivity contribution >= 4 is 23.1 Å². The summed E-state index contributed by atoms with van der Waals surface area (Å²) in [4.78, 5) is 4.30. The standard InChI is InChI=1S/C14H18N2S2/c1-3-11-4-6-12(7-5-11)13(15-2)10-18-14-16-8-9-17-14/h4-9,13,15H,3,10H2,1-2H3. The maximum absolute atomic E-state index is 4.30. The van der Waals surface area contributed by atoms with Gasteiger partial charge >= 0.3 is 0 Å². The smallest absolute Gasteiger partial charge is 0.149 e. The first-order valence-electron chi connectivity index (χ1n) is 6.12. The van der Waals surface area contributed by atoms with Gasteiger partial charge in [0.15, 0.2) is 0 Å². The molecular formula is C14H18N2S2. The van der Waals surface area contributed by atoms with E-state index in [0.29, 0.717) is 6.04 Å². The highest BCUT2D eigenvalue weighted by atomic mass is 32.2. The second kappa shape index (κ2) is 6.92. The lowest BCUT2D eigenvalue weighted by Crippen LogP contribution is -2.18. The first-order chi connectivity index (χ1) is 8.83. The van der Waals surface area contributed by atoms with Gasteiger partial charge in [0.25, 0.3) is 0 Å². The molecule has 96 valence electrons. The van der Waals surface area contributed by atoms with Crippen molar-refractivity contribution in [2.24, 2.45) is 0 Å². The quantitative estimate of drug-likeness (QED) is 0.814. The monoisotopic (exact) mass is 278 g/mol. The third-order valence-electron chi connectivity index (χ3n) is 2.92. The molecule has 4 heteroatoms. The summed E-state index contributed by atoms with van der Waals surface area (Å²) in [6, 6.07) is 9.26. The predicted octanol–water partition coefficient (Wildman–Crippen LogP) is 3.76. The zero-order valence-corrected chi connectivity index (χ0v) is 12.4. The van der Waals surface area contributed by atoms with Gasteiger partial charge in [-0.3, -0.25) is 0 Å². The normalized spacial score (nSPS) is 12.6. The molecule has 0 amide bonds. The molecule has 0 fully saturated rings. The van der Waals surface area contributed by atoms with E-state index in [2.05, 4.69) is 41.5 Å². The molecule has 1 N–H and O–H groups in total. The lowest BCUT2D eigenvalue weighted by Gasteiger charge is -2.15. The first-order valence-corrected chi connectivity index (χ1v) is 7.98. The van der Waals surface area contributed by atoms with Crippen LogP contribution in [0.3, 0.4) is 0 Å². The number of thioether (sulfide) groups is 1. The highest BCUT2D eigenvalue weighted by Gasteiger charge is 2.10. The summed E-state index contributed by atoms with van der Waals surface area (Å²) in [6.45, 7) is 2.18. The van der Waals surface area contributed by atoms with Crippen molar-refractivity contribution in [3.63, 3.8) is 0 Å². The number of benzene rings is 1. The van der Waals surface area contributed by atoms with E-state index in [1.54, 1.807) is 11.3 Å². The van der Waals surface area contributed by atoms with E-state index in [4.69, 9.17) is 0 Å². The van der Waals surface area contributed by atoms with E-state index in [1.807, 2.05) is 30.4 Å². The molecule has 1 aromatic heterocycles. The van der Waals surface area contributed by atoms with Crippen molar-refractivity contribution < 1.29 is 0 Å². The zero-order chi connectivity index (χ0) is 12.8. The Morgan fingerprint density at radius 2 is 2.11 bits per heavy atom. The van der Waals surface area contributed by atoms with Gasteiger partial charge in [-0.05, 0) is 24.6 Å². The lowest BCUT2D eigenvalue weighted by atomic mass is 10.1. The number of nitrogens with zero attached hydrogens (tertiary/aromatic N) is 1. The van der Waals surface area contributed by atoms with Gasteiger partial charge in [-0.2, -0.15) is 0 Å². The van der Waals surface area contributed by atoms with Gasteiger partial charge in [0.05, 0.1) is 0 Å². The van der Waals surface area contributed by atoms with Crippen molar-refractivity contribution in [2.75, 3.05) is 12.8 Å². The summed E-state index contributed by atoms with van der Waals surface area (Å²) < 4.78 is 1.14. The van der Waals surface area contributed by atoms with Crippen LogP contribution in [0, 0.1) is 0 Å². The molecule has 1 heterocycles. The van der Waals surface area contributed by atoms with E-state index < -0.39 is 0 Å². The van der Waals surface area contributed by atoms with Crippen LogP contribution >= 0.6 is 23.1 Å². The highest BCUT2D eigenvalue weighted by Crippen LogP contribution is 2.26. The molecular weight excluding hydrogens is 260 g/mol. The topological polar surface area (TPSA) is 24.9 Å². The molecule has 0 bridgehead atoms. The highest BCUT2D eigenvalue weighted by molar-refractivity contribution is 8.01. The molecule has 1 unspecified atom stereocenters. The van der Waals surface area contributed by atoms with Gasteiger partial charge < -0.3 is 5.32 Å². The van der Waals surface area contributed by atoms with Crippen LogP contribution in [0.4, 0.5) is 0 Å². The second-order valence-corrected chi connectivity index (χ2v) is 6.21. The Kier molecular flexibility index (Phi) is 5.23. The molecule has 0 radical (unpaired) electrons. The molecule has 18 heavy (non-hydrogen) atoms. The Hall–Kier alpha value is -0.840. The summed E-state index contributed by atoms with van der Waals surface area (Å²) in [7, 11) is 2.01. The van der Waals surface area contributed by atoms with E-state index >= 15 is 0 Å². The van der Waals surface area contributed by atoms with Crippen molar-refractivity contribution in [1.82, 2.24) is 10.3 Å². The number of aryl methyl sites for hydroxylation is 1. The molecule has 0 aliphatic carbocycles. The average molecular weight is 278 g/mol. The maximum atomic E-state index is 4.30. The van der Waals surface area contributed by atoms with Crippen LogP contribution in [0.15, 0.2) is 40.2 Å². The van der Waals surface area contributed by atoms with Crippen LogP contribution in [0.5, 0.6) is 0 Å². The summed E-state index contributed by atoms with van der Waals surface area (Å²) in [5.41, 5.74) is 2.74. The Labute approximate surface area is 117 Å². The predicted molar refractivity (Wildman–Crippen MR) is 80.5 cm³/mol. The molecule has 0 aliphatic rings. The molecule has 2 nitrogen and oxygen atoms in total. The minimum absolute atomic E-state index is 0.379. The number of rotatable bonds is 6. The van der Waals surface area contributed by atoms with Crippen LogP contribution in [-0.4, -0.2) is 17.8 Å². The maximum Gasteiger partial charge on any atom is 0.149 e. The first kappa shape index (κ1) is 13.6. The van der Waals surface area contributed by atoms with Crippen molar-refractivity contribution in [3.8, 4) is 0 Å². The summed E-state index contributed by atoms with van der Waals surface area (Å²) >= 11 is 3.51. The fraction of sp³-hybridized carbons (Fsp3) is 0.357. The average Bonchev–Trinajstić information content (AvgIpc) is 2.93. The third kappa shape index (κ3) is 3.57. The molecule has 0 saturated heterocycles. The Morgan fingerprint density at radius 3 is 2.67 bits per heavy atom. The number of thiazole rings is 1. The molecule has 2 rings (SSSR count). The van der Waals surface area contributed by atoms with E-state index in [0.717, 1.165) is 16.5 Å². The van der Waals surface area contributed by atoms with Crippen LogP contribution in [-0.2, 0) is 6.42 Å². The van der Waals surface area contributed by atoms with Crippen LogP contribution in [0.25, 0.3) is 0 Å². The number of hydrogen-bond acceptors (Lipinski definition) is 4. The lowest BCUT2D eigenvalue weighted by molar-refractivity contribution is 0.661. The van der Waals surface area contributed by atoms with Crippen LogP contribution in [0.2, 0.25) is 0 Å². The van der Waals surface area contributed by atoms with Gasteiger partial charge in [-0.1, -0.05) is 43.0 Å². The van der Waals surface area contributed by atoms with E-state index in [-0.39, 0.29) is 0 Å². The van der Waals surface area contributed by atoms with Crippen molar-refractivity contribution in [2.45, 2.75) is 23.7 Å². The van der Waals surface area contributed by atoms with E-state index in [9.17, 15) is 0 Å². The van der Waals surface area contributed by atoms with Gasteiger partial charge in [-0.15, -0.1) is 11.3 Å². The molecule has 0 aliphatic heterocycles. The second-order valence-electron chi connectivity index (χ2n) is 4.05. The SMILES string of the molecule is CCc1ccc(C(CSc2nccs2)NC)cc1. The summed E-state index contributed by atoms with van der Waals surface area (Å²) in [6.07, 6.45) is 2.95. The van der Waals surface area contributed by atoms with Gasteiger partial charge in [-0.25, -0.2) is 4.98 Å². The van der Waals surface area contributed by atoms with Gasteiger partial charge in [0.2, 0.25) is 0 Å². The van der Waals surface area contributed by atoms with Crippen molar-refractivity contribution in [1.29, 1.82) is 0 Å². The van der Waals surface area contributed by atoms with Crippen molar-refractivity contribution in [3.05, 3.63) is 47.0 Å². The van der Waals surface area contributed by atoms with Crippen LogP contribution < -0.4 is 5.32 Å². The largest absolute Gasteiger partial charge is 0.312 e. The summed E-state index contributed by atoms with van der Waals surface area (Å²) in [5, 5.41) is 5.39. The Balaban J connectivity index is 1.98. The molecule has 0 saturated carbocycles. The van der Waals surface area contributed by atoms with E-state index in [1.165, 1.54) is 11.1 Å². The summed E-state index contributed by atoms with van der Waals surface area (Å²) in [5.74, 6) is 1.01. The molecule has 0 spiro atoms. The molecule has 1 atom stereocenters. The minimum Gasteiger partial charge on any atom is -0.312 e. The fourth-order valence-corrected chi connectivity index (χ4v) is 3.57. The number of nitrogens with one attached hydrogen (secondary N) is 1. The molecule has 1 aromatic carbocycles. The third-order valence-corrected chi connectivity index (χ3v) is 4.98.